The maximum Gasteiger partial charge on any atom is 0.203 e. The average Bonchev–Trinajstić information content (AvgIpc) is 2.86. The maximum absolute atomic E-state index is 12.9. The Morgan fingerprint density at radius 1 is 1.04 bits per heavy atom. The number of nitrogens with zero attached hydrogens (tertiary/aromatic N) is 2. The van der Waals surface area contributed by atoms with Gasteiger partial charge >= 0.3 is 0 Å². The molecule has 0 atom stereocenters. The first-order valence-electron chi connectivity index (χ1n) is 7.92. The number of nitrogens with one attached hydrogen (secondary N) is 1. The van der Waals surface area contributed by atoms with Gasteiger partial charge in [-0.25, -0.2) is 4.39 Å². The van der Waals surface area contributed by atoms with Crippen molar-refractivity contribution >= 4 is 23.4 Å². The molecule has 3 aromatic rings. The van der Waals surface area contributed by atoms with Gasteiger partial charge in [0.25, 0.3) is 0 Å². The third-order valence-electron chi connectivity index (χ3n) is 3.89. The molecule has 0 saturated heterocycles. The van der Waals surface area contributed by atoms with E-state index in [1.165, 1.54) is 12.1 Å². The van der Waals surface area contributed by atoms with Crippen molar-refractivity contribution in [1.29, 1.82) is 5.41 Å². The van der Waals surface area contributed by atoms with Gasteiger partial charge in [0.05, 0.1) is 17.6 Å². The summed E-state index contributed by atoms with van der Waals surface area (Å²) in [5.41, 5.74) is 2.52. The van der Waals surface area contributed by atoms with Gasteiger partial charge in [-0.1, -0.05) is 18.2 Å². The Labute approximate surface area is 152 Å². The van der Waals surface area contributed by atoms with Crippen LogP contribution in [-0.2, 0) is 13.1 Å². The standard InChI is InChI=1S/C19H20FN3O.ClH/c1-2-12-22-17-6-3-4-7-18(17)23(19(22)21)13-5-14-24-16-10-8-15(20)9-11-16;/h2-4,6-11,21H,1,5,12-14H2;1H. The molecule has 0 spiro atoms. The summed E-state index contributed by atoms with van der Waals surface area (Å²) >= 11 is 0. The molecule has 0 aliphatic rings. The molecule has 1 N–H and O–H groups in total. The van der Waals surface area contributed by atoms with Crippen LogP contribution in [0.1, 0.15) is 6.42 Å². The smallest absolute Gasteiger partial charge is 0.203 e. The molecule has 0 radical (unpaired) electrons. The van der Waals surface area contributed by atoms with E-state index in [0.717, 1.165) is 17.5 Å². The number of para-hydroxylation sites is 2. The van der Waals surface area contributed by atoms with Crippen molar-refractivity contribution in [3.63, 3.8) is 0 Å². The number of hydrogen-bond acceptors (Lipinski definition) is 2. The predicted molar refractivity (Wildman–Crippen MR) is 99.7 cm³/mol. The van der Waals surface area contributed by atoms with E-state index in [1.54, 1.807) is 18.2 Å². The summed E-state index contributed by atoms with van der Waals surface area (Å²) in [4.78, 5) is 0. The largest absolute Gasteiger partial charge is 0.494 e. The Kier molecular flexibility index (Phi) is 6.42. The quantitative estimate of drug-likeness (QED) is 0.499. The van der Waals surface area contributed by atoms with Gasteiger partial charge in [-0.3, -0.25) is 5.41 Å². The zero-order chi connectivity index (χ0) is 16.9. The van der Waals surface area contributed by atoms with Crippen molar-refractivity contribution < 1.29 is 9.13 Å². The van der Waals surface area contributed by atoms with Gasteiger partial charge in [0.15, 0.2) is 0 Å². The molecule has 6 heteroatoms. The molecular formula is C19H21ClFN3O. The third-order valence-corrected chi connectivity index (χ3v) is 3.89. The van der Waals surface area contributed by atoms with E-state index in [4.69, 9.17) is 10.1 Å². The number of hydrogen-bond donors (Lipinski definition) is 1. The van der Waals surface area contributed by atoms with Crippen LogP contribution in [0.5, 0.6) is 5.75 Å². The molecule has 25 heavy (non-hydrogen) atoms. The Morgan fingerprint density at radius 2 is 1.68 bits per heavy atom. The number of aromatic nitrogens is 2. The summed E-state index contributed by atoms with van der Waals surface area (Å²) in [7, 11) is 0. The van der Waals surface area contributed by atoms with Crippen molar-refractivity contribution in [2.45, 2.75) is 19.5 Å². The van der Waals surface area contributed by atoms with Gasteiger partial charge in [-0.2, -0.15) is 0 Å². The highest BCUT2D eigenvalue weighted by molar-refractivity contribution is 5.85. The number of aryl methyl sites for hydroxylation is 1. The van der Waals surface area contributed by atoms with E-state index in [2.05, 4.69) is 6.58 Å². The lowest BCUT2D eigenvalue weighted by Crippen LogP contribution is -2.25. The van der Waals surface area contributed by atoms with Crippen molar-refractivity contribution in [2.75, 3.05) is 6.61 Å². The Morgan fingerprint density at radius 3 is 2.32 bits per heavy atom. The van der Waals surface area contributed by atoms with Gasteiger partial charge in [0.2, 0.25) is 5.62 Å². The number of ether oxygens (including phenoxy) is 1. The molecule has 0 aliphatic carbocycles. The van der Waals surface area contributed by atoms with Crippen LogP contribution in [0.15, 0.2) is 61.2 Å². The zero-order valence-electron chi connectivity index (χ0n) is 13.8. The lowest BCUT2D eigenvalue weighted by atomic mass is 10.3. The second-order valence-corrected chi connectivity index (χ2v) is 5.52. The Bertz CT molecular complexity index is 899. The van der Waals surface area contributed by atoms with Crippen molar-refractivity contribution in [2.24, 2.45) is 0 Å². The summed E-state index contributed by atoms with van der Waals surface area (Å²) in [6.07, 6.45) is 2.56. The van der Waals surface area contributed by atoms with Crippen molar-refractivity contribution in [3.8, 4) is 5.75 Å². The van der Waals surface area contributed by atoms with E-state index in [1.807, 2.05) is 33.4 Å². The molecule has 0 unspecified atom stereocenters. The highest BCUT2D eigenvalue weighted by atomic mass is 35.5. The minimum Gasteiger partial charge on any atom is -0.494 e. The Hall–Kier alpha value is -2.53. The third kappa shape index (κ3) is 4.12. The fourth-order valence-electron chi connectivity index (χ4n) is 2.78. The van der Waals surface area contributed by atoms with E-state index in [-0.39, 0.29) is 18.2 Å². The SMILES string of the molecule is C=CCn1c(=N)n(CCCOc2ccc(F)cc2)c2ccccc21.Cl. The molecule has 132 valence electrons. The van der Waals surface area contributed by atoms with E-state index < -0.39 is 0 Å². The highest BCUT2D eigenvalue weighted by Gasteiger charge is 2.09. The number of imidazole rings is 1. The molecule has 1 heterocycles. The lowest BCUT2D eigenvalue weighted by molar-refractivity contribution is 0.300. The highest BCUT2D eigenvalue weighted by Crippen LogP contribution is 2.14. The monoisotopic (exact) mass is 361 g/mol. The molecule has 3 rings (SSSR count). The molecular weight excluding hydrogens is 341 g/mol. The van der Waals surface area contributed by atoms with Crippen molar-refractivity contribution in [1.82, 2.24) is 9.13 Å². The van der Waals surface area contributed by atoms with Crippen LogP contribution in [0.25, 0.3) is 11.0 Å². The fraction of sp³-hybridized carbons (Fsp3) is 0.211. The van der Waals surface area contributed by atoms with Gasteiger partial charge in [-0.15, -0.1) is 19.0 Å². The second kappa shape index (κ2) is 8.53. The Balaban J connectivity index is 0.00000225. The molecule has 0 aliphatic heterocycles. The summed E-state index contributed by atoms with van der Waals surface area (Å²) in [6.45, 7) is 5.58. The van der Waals surface area contributed by atoms with Gasteiger partial charge in [0, 0.05) is 13.1 Å². The van der Waals surface area contributed by atoms with Crippen molar-refractivity contribution in [3.05, 3.63) is 72.6 Å². The molecule has 1 aromatic heterocycles. The zero-order valence-corrected chi connectivity index (χ0v) is 14.6. The molecule has 4 nitrogen and oxygen atoms in total. The van der Waals surface area contributed by atoms with Gasteiger partial charge < -0.3 is 13.9 Å². The molecule has 2 aromatic carbocycles. The first-order chi connectivity index (χ1) is 11.7. The van der Waals surface area contributed by atoms with Crippen LogP contribution in [-0.4, -0.2) is 15.7 Å². The van der Waals surface area contributed by atoms with Crippen LogP contribution < -0.4 is 10.4 Å². The lowest BCUT2D eigenvalue weighted by Gasteiger charge is -2.07. The summed E-state index contributed by atoms with van der Waals surface area (Å²) < 4.78 is 22.4. The summed E-state index contributed by atoms with van der Waals surface area (Å²) in [5.74, 6) is 0.383. The molecule has 0 bridgehead atoms. The summed E-state index contributed by atoms with van der Waals surface area (Å²) in [6, 6.07) is 14.0. The van der Waals surface area contributed by atoms with Crippen LogP contribution in [0, 0.1) is 11.2 Å². The first kappa shape index (κ1) is 18.8. The van der Waals surface area contributed by atoms with Crippen LogP contribution in [0.3, 0.4) is 0 Å². The predicted octanol–water partition coefficient (Wildman–Crippen LogP) is 4.14. The maximum atomic E-state index is 12.9. The fourth-order valence-corrected chi connectivity index (χ4v) is 2.78. The van der Waals surface area contributed by atoms with E-state index in [0.29, 0.717) is 31.1 Å². The van der Waals surface area contributed by atoms with Crippen LogP contribution in [0.4, 0.5) is 4.39 Å². The number of fused-ring (bicyclic) bond motifs is 1. The van der Waals surface area contributed by atoms with Gasteiger partial charge in [0.1, 0.15) is 11.6 Å². The minimum atomic E-state index is -0.271. The molecule has 0 amide bonds. The van der Waals surface area contributed by atoms with E-state index >= 15 is 0 Å². The topological polar surface area (TPSA) is 42.9 Å². The molecule has 0 saturated carbocycles. The molecule has 0 fully saturated rings. The normalized spacial score (nSPS) is 10.4. The van der Waals surface area contributed by atoms with Gasteiger partial charge in [-0.05, 0) is 42.8 Å². The van der Waals surface area contributed by atoms with E-state index in [9.17, 15) is 4.39 Å². The minimum absolute atomic E-state index is 0. The second-order valence-electron chi connectivity index (χ2n) is 5.52. The average molecular weight is 362 g/mol. The summed E-state index contributed by atoms with van der Waals surface area (Å²) in [5, 5.41) is 8.40. The number of allylic oxidation sites excluding steroid dienone is 1. The van der Waals surface area contributed by atoms with Crippen LogP contribution >= 0.6 is 12.4 Å². The first-order valence-corrected chi connectivity index (χ1v) is 7.92. The number of benzene rings is 2. The van der Waals surface area contributed by atoms with Crippen LogP contribution in [0.2, 0.25) is 0 Å². The number of halogens is 2. The number of rotatable bonds is 7.